The summed E-state index contributed by atoms with van der Waals surface area (Å²) in [6, 6.07) is 5.66. The van der Waals surface area contributed by atoms with Gasteiger partial charge in [-0.3, -0.25) is 14.5 Å². The Hall–Kier alpha value is -2.29. The monoisotopic (exact) mass is 424 g/mol. The Morgan fingerprint density at radius 2 is 1.77 bits per heavy atom. The van der Waals surface area contributed by atoms with Gasteiger partial charge in [0.25, 0.3) is 0 Å². The first kappa shape index (κ1) is 21.0. The molecule has 2 saturated heterocycles. The van der Waals surface area contributed by atoms with Crippen molar-refractivity contribution in [3.05, 3.63) is 29.8 Å². The number of primary amides is 1. The molecule has 1 saturated carbocycles. The number of alkyl halides is 3. The van der Waals surface area contributed by atoms with Crippen LogP contribution in [0.4, 0.5) is 18.9 Å². The number of carbonyl (C=O) groups excluding carboxylic acids is 2. The highest BCUT2D eigenvalue weighted by Gasteiger charge is 2.57. The van der Waals surface area contributed by atoms with Crippen LogP contribution in [0.15, 0.2) is 24.3 Å². The van der Waals surface area contributed by atoms with E-state index in [9.17, 15) is 22.8 Å². The number of nitrogens with zero attached hydrogens (tertiary/aromatic N) is 3. The van der Waals surface area contributed by atoms with E-state index in [1.807, 2.05) is 4.90 Å². The molecule has 9 heteroatoms. The second-order valence-corrected chi connectivity index (χ2v) is 8.56. The van der Waals surface area contributed by atoms with Crippen molar-refractivity contribution in [3.8, 4) is 0 Å². The highest BCUT2D eigenvalue weighted by molar-refractivity contribution is 6.07. The number of likely N-dealkylation sites (tertiary alicyclic amines) is 1. The van der Waals surface area contributed by atoms with Gasteiger partial charge in [0.2, 0.25) is 11.8 Å². The standard InChI is InChI=1S/C21H27F3N4O2/c22-21(23,24)15-3-1-4-16(13-15)26-9-11-27(12-10-26)17-5-2-8-28(14-17)19(30)20(6-7-20)18(25)29/h1,3-4,13,17H,2,5-12,14H2,(H2,25,29). The van der Waals surface area contributed by atoms with Crippen LogP contribution in [0, 0.1) is 5.41 Å². The fraction of sp³-hybridized carbons (Fsp3) is 0.619. The number of hydrogen-bond donors (Lipinski definition) is 1. The fourth-order valence-electron chi connectivity index (χ4n) is 4.65. The van der Waals surface area contributed by atoms with Crippen molar-refractivity contribution >= 4 is 17.5 Å². The average molecular weight is 424 g/mol. The molecule has 2 aliphatic heterocycles. The van der Waals surface area contributed by atoms with Gasteiger partial charge >= 0.3 is 6.18 Å². The maximum atomic E-state index is 13.0. The first-order valence-corrected chi connectivity index (χ1v) is 10.5. The smallest absolute Gasteiger partial charge is 0.369 e. The Labute approximate surface area is 173 Å². The van der Waals surface area contributed by atoms with Gasteiger partial charge in [-0.15, -0.1) is 0 Å². The molecule has 1 aromatic rings. The van der Waals surface area contributed by atoms with Crippen LogP contribution in [-0.4, -0.2) is 66.9 Å². The molecule has 164 valence electrons. The number of piperidine rings is 1. The Morgan fingerprint density at radius 1 is 1.07 bits per heavy atom. The van der Waals surface area contributed by atoms with Crippen LogP contribution in [0.5, 0.6) is 0 Å². The summed E-state index contributed by atoms with van der Waals surface area (Å²) in [5.41, 5.74) is 4.42. The number of amides is 2. The van der Waals surface area contributed by atoms with E-state index in [0.717, 1.165) is 32.0 Å². The molecule has 4 rings (SSSR count). The van der Waals surface area contributed by atoms with Crippen molar-refractivity contribution in [2.45, 2.75) is 37.9 Å². The Bertz CT molecular complexity index is 817. The van der Waals surface area contributed by atoms with Crippen molar-refractivity contribution in [3.63, 3.8) is 0 Å². The summed E-state index contributed by atoms with van der Waals surface area (Å²) in [6.07, 6.45) is -1.42. The van der Waals surface area contributed by atoms with Gasteiger partial charge in [-0.05, 0) is 43.9 Å². The molecule has 0 aromatic heterocycles. The number of carbonyl (C=O) groups is 2. The summed E-state index contributed by atoms with van der Waals surface area (Å²) >= 11 is 0. The summed E-state index contributed by atoms with van der Waals surface area (Å²) in [5, 5.41) is 0. The Kier molecular flexibility index (Phi) is 5.42. The van der Waals surface area contributed by atoms with Crippen molar-refractivity contribution in [1.29, 1.82) is 0 Å². The van der Waals surface area contributed by atoms with Crippen molar-refractivity contribution in [2.75, 3.05) is 44.2 Å². The SMILES string of the molecule is NC(=O)C1(C(=O)N2CCCC(N3CCN(c4cccc(C(F)(F)F)c4)CC3)C2)CC1. The number of anilines is 1. The van der Waals surface area contributed by atoms with Crippen LogP contribution in [-0.2, 0) is 15.8 Å². The zero-order valence-electron chi connectivity index (χ0n) is 16.8. The van der Waals surface area contributed by atoms with E-state index in [1.54, 1.807) is 11.0 Å². The average Bonchev–Trinajstić information content (AvgIpc) is 3.55. The summed E-state index contributed by atoms with van der Waals surface area (Å²) < 4.78 is 39.0. The van der Waals surface area contributed by atoms with E-state index >= 15 is 0 Å². The van der Waals surface area contributed by atoms with Crippen molar-refractivity contribution in [2.24, 2.45) is 11.1 Å². The van der Waals surface area contributed by atoms with Gasteiger partial charge in [0, 0.05) is 51.0 Å². The molecule has 2 N–H and O–H groups in total. The molecule has 0 spiro atoms. The predicted octanol–water partition coefficient (Wildman–Crippen LogP) is 2.08. The lowest BCUT2D eigenvalue weighted by Gasteiger charge is -2.44. The number of benzene rings is 1. The minimum Gasteiger partial charge on any atom is -0.369 e. The molecule has 6 nitrogen and oxygen atoms in total. The number of hydrogen-bond acceptors (Lipinski definition) is 4. The molecule has 2 heterocycles. The third kappa shape index (κ3) is 3.99. The first-order valence-electron chi connectivity index (χ1n) is 10.5. The largest absolute Gasteiger partial charge is 0.416 e. The molecule has 3 fully saturated rings. The minimum absolute atomic E-state index is 0.137. The van der Waals surface area contributed by atoms with Gasteiger partial charge in [-0.1, -0.05) is 6.07 Å². The maximum absolute atomic E-state index is 13.0. The lowest BCUT2D eigenvalue weighted by molar-refractivity contribution is -0.144. The van der Waals surface area contributed by atoms with Gasteiger partial charge in [0.1, 0.15) is 5.41 Å². The summed E-state index contributed by atoms with van der Waals surface area (Å²) in [5.74, 6) is -0.661. The highest BCUT2D eigenvalue weighted by Crippen LogP contribution is 2.47. The van der Waals surface area contributed by atoms with Gasteiger partial charge < -0.3 is 15.5 Å². The van der Waals surface area contributed by atoms with Gasteiger partial charge in [-0.2, -0.15) is 13.2 Å². The molecule has 2 amide bonds. The lowest BCUT2D eigenvalue weighted by atomic mass is 9.98. The number of nitrogens with two attached hydrogens (primary N) is 1. The van der Waals surface area contributed by atoms with Gasteiger partial charge in [0.05, 0.1) is 5.56 Å². The van der Waals surface area contributed by atoms with Crippen LogP contribution in [0.2, 0.25) is 0 Å². The second-order valence-electron chi connectivity index (χ2n) is 8.56. The summed E-state index contributed by atoms with van der Waals surface area (Å²) in [6.45, 7) is 3.95. The van der Waals surface area contributed by atoms with E-state index in [4.69, 9.17) is 5.73 Å². The van der Waals surface area contributed by atoms with E-state index in [1.165, 1.54) is 12.1 Å². The second kappa shape index (κ2) is 7.76. The van der Waals surface area contributed by atoms with E-state index in [0.29, 0.717) is 44.7 Å². The molecule has 1 aromatic carbocycles. The third-order valence-electron chi connectivity index (χ3n) is 6.68. The molecule has 30 heavy (non-hydrogen) atoms. The zero-order valence-corrected chi connectivity index (χ0v) is 16.8. The molecule has 0 bridgehead atoms. The third-order valence-corrected chi connectivity index (χ3v) is 6.68. The van der Waals surface area contributed by atoms with Crippen LogP contribution in [0.1, 0.15) is 31.2 Å². The molecule has 1 unspecified atom stereocenters. The first-order chi connectivity index (χ1) is 14.2. The molecule has 1 atom stereocenters. The quantitative estimate of drug-likeness (QED) is 0.752. The Balaban J connectivity index is 1.35. The van der Waals surface area contributed by atoms with E-state index in [-0.39, 0.29) is 11.9 Å². The Morgan fingerprint density at radius 3 is 2.37 bits per heavy atom. The maximum Gasteiger partial charge on any atom is 0.416 e. The van der Waals surface area contributed by atoms with Crippen molar-refractivity contribution < 1.29 is 22.8 Å². The normalized spacial score (nSPS) is 24.6. The van der Waals surface area contributed by atoms with E-state index < -0.39 is 23.1 Å². The molecular weight excluding hydrogens is 397 g/mol. The van der Waals surface area contributed by atoms with Crippen LogP contribution in [0.3, 0.4) is 0 Å². The lowest BCUT2D eigenvalue weighted by Crippen LogP contribution is -2.57. The molecule has 0 radical (unpaired) electrons. The summed E-state index contributed by atoms with van der Waals surface area (Å²) in [4.78, 5) is 30.6. The fourth-order valence-corrected chi connectivity index (χ4v) is 4.65. The molecule has 1 aliphatic carbocycles. The topological polar surface area (TPSA) is 69.9 Å². The van der Waals surface area contributed by atoms with Crippen LogP contribution in [0.25, 0.3) is 0 Å². The van der Waals surface area contributed by atoms with Crippen LogP contribution < -0.4 is 10.6 Å². The van der Waals surface area contributed by atoms with Crippen molar-refractivity contribution in [1.82, 2.24) is 9.80 Å². The van der Waals surface area contributed by atoms with E-state index in [2.05, 4.69) is 4.90 Å². The number of piperazine rings is 1. The zero-order chi connectivity index (χ0) is 21.5. The number of halogens is 3. The van der Waals surface area contributed by atoms with Gasteiger partial charge in [0.15, 0.2) is 0 Å². The predicted molar refractivity (Wildman–Crippen MR) is 106 cm³/mol. The minimum atomic E-state index is -4.35. The highest BCUT2D eigenvalue weighted by atomic mass is 19.4. The van der Waals surface area contributed by atoms with Gasteiger partial charge in [-0.25, -0.2) is 0 Å². The number of rotatable bonds is 4. The molecule has 3 aliphatic rings. The van der Waals surface area contributed by atoms with Crippen LogP contribution >= 0.6 is 0 Å². The summed E-state index contributed by atoms with van der Waals surface area (Å²) in [7, 11) is 0. The molecular formula is C21H27F3N4O2.